The van der Waals surface area contributed by atoms with Crippen molar-refractivity contribution in [2.45, 2.75) is 19.8 Å². The van der Waals surface area contributed by atoms with E-state index in [-0.39, 0.29) is 40.5 Å². The van der Waals surface area contributed by atoms with Crippen molar-refractivity contribution in [1.29, 1.82) is 0 Å². The fraction of sp³-hybridized carbons (Fsp3) is 0.367. The maximum atomic E-state index is 13.7. The second-order valence-corrected chi connectivity index (χ2v) is 12.2. The number of nitrogens with zero attached hydrogens (tertiary/aromatic N) is 4. The first-order valence-corrected chi connectivity index (χ1v) is 15.4. The molecule has 2 aromatic carbocycles. The number of halogens is 1. The van der Waals surface area contributed by atoms with Crippen LogP contribution >= 0.6 is 40.4 Å². The lowest BCUT2D eigenvalue weighted by Crippen LogP contribution is -2.63. The van der Waals surface area contributed by atoms with Gasteiger partial charge in [-0.2, -0.15) is 0 Å². The van der Waals surface area contributed by atoms with E-state index in [9.17, 15) is 24.0 Å². The number of thiocarbonyl (C=S) groups is 2. The number of rotatable bonds is 9. The van der Waals surface area contributed by atoms with Crippen molar-refractivity contribution in [1.82, 2.24) is 19.6 Å². The van der Waals surface area contributed by atoms with Gasteiger partial charge in [0.05, 0.1) is 11.1 Å². The quantitative estimate of drug-likeness (QED) is 0.308. The maximum Gasteiger partial charge on any atom is 0.262 e. The molecule has 5 amide bonds. The van der Waals surface area contributed by atoms with E-state index in [1.165, 1.54) is 34.3 Å². The number of benzene rings is 2. The van der Waals surface area contributed by atoms with Gasteiger partial charge in [0, 0.05) is 39.8 Å². The lowest BCUT2D eigenvalue weighted by Gasteiger charge is -2.43. The molecule has 15 heteroatoms. The zero-order valence-corrected chi connectivity index (χ0v) is 28.7. The summed E-state index contributed by atoms with van der Waals surface area (Å²) < 4.78 is 12.0. The zero-order chi connectivity index (χ0) is 33.3. The highest BCUT2D eigenvalue weighted by molar-refractivity contribution is 9.10. The first kappa shape index (κ1) is 33.9. The van der Waals surface area contributed by atoms with Crippen molar-refractivity contribution in [2.75, 3.05) is 46.7 Å². The van der Waals surface area contributed by atoms with Gasteiger partial charge >= 0.3 is 0 Å². The lowest BCUT2D eigenvalue weighted by atomic mass is 9.73. The molecule has 2 fully saturated rings. The number of hydrogen-bond donors (Lipinski definition) is 1. The first-order valence-electron chi connectivity index (χ1n) is 13.8. The van der Waals surface area contributed by atoms with Gasteiger partial charge in [-0.25, -0.2) is 0 Å². The Morgan fingerprint density at radius 1 is 0.844 bits per heavy atom. The van der Waals surface area contributed by atoms with Crippen LogP contribution in [-0.4, -0.2) is 101 Å². The molecule has 2 aliphatic rings. The highest BCUT2D eigenvalue weighted by Gasteiger charge is 2.54. The summed E-state index contributed by atoms with van der Waals surface area (Å²) in [6.07, 6.45) is 0. The third-order valence-corrected chi connectivity index (χ3v) is 9.34. The van der Waals surface area contributed by atoms with Gasteiger partial charge in [0.15, 0.2) is 28.3 Å². The Balaban J connectivity index is 1.78. The molecule has 12 nitrogen and oxygen atoms in total. The van der Waals surface area contributed by atoms with Crippen molar-refractivity contribution in [3.63, 3.8) is 0 Å². The molecule has 0 aliphatic carbocycles. The molecular weight excluding hydrogens is 686 g/mol. The van der Waals surface area contributed by atoms with E-state index in [1.54, 1.807) is 25.1 Å². The van der Waals surface area contributed by atoms with Crippen LogP contribution in [-0.2, 0) is 24.0 Å². The highest BCUT2D eigenvalue weighted by Crippen LogP contribution is 2.45. The molecule has 2 saturated heterocycles. The SMILES string of the molecule is CCOc1cc(C(C2C(=O)N(C)C(=S)N(C)C2=O)C2C(=O)N(C)C(=S)N(C)C2=O)cc(Br)c1OCC(=O)Nc1ccc(C)cc1. The standard InChI is InChI=1S/C30H32BrN5O7S2/c1-7-42-19-13-16(12-18(31)24(19)43-14-20(37)32-17-10-8-15(2)9-11-17)21(22-25(38)33(3)29(44)34(4)26(22)39)23-27(40)35(5)30(45)36(6)28(23)41/h8-13,21-23H,7,14H2,1-6H3,(H,32,37). The molecule has 4 rings (SSSR count). The summed E-state index contributed by atoms with van der Waals surface area (Å²) in [5.41, 5.74) is 1.91. The van der Waals surface area contributed by atoms with Crippen LogP contribution in [0.15, 0.2) is 40.9 Å². The molecule has 0 unspecified atom stereocenters. The molecule has 0 aromatic heterocycles. The van der Waals surface area contributed by atoms with Crippen LogP contribution in [0.3, 0.4) is 0 Å². The number of carbonyl (C=O) groups is 5. The van der Waals surface area contributed by atoms with E-state index in [0.717, 1.165) is 25.2 Å². The molecule has 0 atom stereocenters. The molecule has 0 radical (unpaired) electrons. The van der Waals surface area contributed by atoms with Gasteiger partial charge in [-0.15, -0.1) is 0 Å². The van der Waals surface area contributed by atoms with Gasteiger partial charge in [0.2, 0.25) is 23.6 Å². The number of nitrogens with one attached hydrogen (secondary N) is 1. The summed E-state index contributed by atoms with van der Waals surface area (Å²) in [6, 6.07) is 10.3. The molecule has 2 aromatic rings. The lowest BCUT2D eigenvalue weighted by molar-refractivity contribution is -0.152. The van der Waals surface area contributed by atoms with Crippen molar-refractivity contribution >= 4 is 85.8 Å². The summed E-state index contributed by atoms with van der Waals surface area (Å²) in [5.74, 6) is -7.05. The van der Waals surface area contributed by atoms with Crippen molar-refractivity contribution < 1.29 is 33.4 Å². The average molecular weight is 719 g/mol. The Bertz CT molecular complexity index is 1500. The number of anilines is 1. The fourth-order valence-electron chi connectivity index (χ4n) is 5.22. The predicted octanol–water partition coefficient (Wildman–Crippen LogP) is 2.92. The summed E-state index contributed by atoms with van der Waals surface area (Å²) in [6.45, 7) is 3.50. The number of carbonyl (C=O) groups excluding carboxylic acids is 5. The molecule has 0 saturated carbocycles. The number of aryl methyl sites for hydroxylation is 1. The van der Waals surface area contributed by atoms with Crippen molar-refractivity contribution in [2.24, 2.45) is 11.8 Å². The minimum absolute atomic E-state index is 0.0134. The Morgan fingerprint density at radius 2 is 1.31 bits per heavy atom. The average Bonchev–Trinajstić information content (AvgIpc) is 3.01. The molecule has 2 heterocycles. The smallest absolute Gasteiger partial charge is 0.262 e. The number of hydrogen-bond acceptors (Lipinski definition) is 9. The van der Waals surface area contributed by atoms with E-state index in [0.29, 0.717) is 10.2 Å². The molecule has 2 aliphatic heterocycles. The van der Waals surface area contributed by atoms with Gasteiger partial charge in [-0.1, -0.05) is 17.7 Å². The summed E-state index contributed by atoms with van der Waals surface area (Å²) in [7, 11) is 5.71. The number of amides is 5. The third-order valence-electron chi connectivity index (χ3n) is 7.65. The molecule has 0 spiro atoms. The minimum Gasteiger partial charge on any atom is -0.490 e. The largest absolute Gasteiger partial charge is 0.490 e. The van der Waals surface area contributed by atoms with Crippen molar-refractivity contribution in [3.8, 4) is 11.5 Å². The van der Waals surface area contributed by atoms with E-state index in [4.69, 9.17) is 33.9 Å². The van der Waals surface area contributed by atoms with Gasteiger partial charge in [-0.3, -0.25) is 43.6 Å². The third kappa shape index (κ3) is 6.56. The Hall–Kier alpha value is -3.95. The summed E-state index contributed by atoms with van der Waals surface area (Å²) in [4.78, 5) is 72.1. The normalized spacial score (nSPS) is 16.7. The van der Waals surface area contributed by atoms with Crippen LogP contribution in [0.4, 0.5) is 5.69 Å². The van der Waals surface area contributed by atoms with Crippen LogP contribution in [0.25, 0.3) is 0 Å². The zero-order valence-electron chi connectivity index (χ0n) is 25.5. The maximum absolute atomic E-state index is 13.7. The summed E-state index contributed by atoms with van der Waals surface area (Å²) >= 11 is 14.0. The molecule has 0 bridgehead atoms. The van der Waals surface area contributed by atoms with E-state index in [1.807, 2.05) is 19.1 Å². The molecule has 45 heavy (non-hydrogen) atoms. The van der Waals surface area contributed by atoms with Crippen molar-refractivity contribution in [3.05, 3.63) is 52.0 Å². The topological polar surface area (TPSA) is 129 Å². The van der Waals surface area contributed by atoms with Crippen LogP contribution in [0.5, 0.6) is 11.5 Å². The predicted molar refractivity (Wildman–Crippen MR) is 177 cm³/mol. The Morgan fingerprint density at radius 3 is 1.76 bits per heavy atom. The second-order valence-electron chi connectivity index (χ2n) is 10.6. The van der Waals surface area contributed by atoms with Crippen LogP contribution in [0.1, 0.15) is 24.0 Å². The van der Waals surface area contributed by atoms with E-state index >= 15 is 0 Å². The monoisotopic (exact) mass is 717 g/mol. The minimum atomic E-state index is -1.49. The summed E-state index contributed by atoms with van der Waals surface area (Å²) in [5, 5.41) is 2.73. The van der Waals surface area contributed by atoms with E-state index in [2.05, 4.69) is 21.2 Å². The van der Waals surface area contributed by atoms with Gasteiger partial charge in [0.1, 0.15) is 11.8 Å². The van der Waals surface area contributed by atoms with Gasteiger partial charge in [0.25, 0.3) is 5.91 Å². The Labute approximate surface area is 279 Å². The van der Waals surface area contributed by atoms with Gasteiger partial charge < -0.3 is 14.8 Å². The van der Waals surface area contributed by atoms with Crippen LogP contribution in [0.2, 0.25) is 0 Å². The van der Waals surface area contributed by atoms with Crippen LogP contribution < -0.4 is 14.8 Å². The molecule has 1 N–H and O–H groups in total. The Kier molecular flexibility index (Phi) is 10.2. The fourth-order valence-corrected chi connectivity index (χ4v) is 6.15. The van der Waals surface area contributed by atoms with Gasteiger partial charge in [-0.05, 0) is 84.0 Å². The second kappa shape index (κ2) is 13.6. The first-order chi connectivity index (χ1) is 21.2. The van der Waals surface area contributed by atoms with Crippen LogP contribution in [0, 0.1) is 18.8 Å². The highest BCUT2D eigenvalue weighted by atomic mass is 79.9. The number of ether oxygens (including phenoxy) is 2. The molecular formula is C30H32BrN5O7S2. The van der Waals surface area contributed by atoms with E-state index < -0.39 is 47.3 Å². The molecule has 238 valence electrons.